The Labute approximate surface area is 107 Å². The molecule has 0 aliphatic carbocycles. The van der Waals surface area contributed by atoms with Crippen LogP contribution in [0.5, 0.6) is 0 Å². The maximum absolute atomic E-state index is 3.94. The van der Waals surface area contributed by atoms with Crippen LogP contribution < -0.4 is 0 Å². The van der Waals surface area contributed by atoms with Gasteiger partial charge in [-0.2, -0.15) is 0 Å². The van der Waals surface area contributed by atoms with Crippen LogP contribution in [-0.4, -0.2) is 10.2 Å². The molecule has 0 aromatic heterocycles. The first-order chi connectivity index (χ1) is 7.68. The van der Waals surface area contributed by atoms with Crippen LogP contribution in [0, 0.1) is 0 Å². The van der Waals surface area contributed by atoms with Gasteiger partial charge in [0.1, 0.15) is 0 Å². The van der Waals surface area contributed by atoms with Crippen molar-refractivity contribution < 1.29 is 0 Å². The van der Waals surface area contributed by atoms with Crippen LogP contribution in [0.1, 0.15) is 91.4 Å². The second-order valence-corrected chi connectivity index (χ2v) is 6.27. The second kappa shape index (κ2) is 10.4. The standard InChI is InChI=1S/C15H31Si/c1-4-7-8-9-10-11-12-13-14-15(16,5-2)6-3/h4-14H2,1-3H3. The molecule has 0 saturated carbocycles. The smallest absolute Gasteiger partial charge is 0.0313 e. The fourth-order valence-corrected chi connectivity index (χ4v) is 2.38. The normalized spacial score (nSPS) is 12.0. The zero-order valence-electron chi connectivity index (χ0n) is 11.8. The summed E-state index contributed by atoms with van der Waals surface area (Å²) in [5.41, 5.74) is 0. The zero-order chi connectivity index (χ0) is 12.3. The van der Waals surface area contributed by atoms with Crippen molar-refractivity contribution in [2.45, 2.75) is 96.4 Å². The van der Waals surface area contributed by atoms with Gasteiger partial charge in [0.15, 0.2) is 0 Å². The molecule has 95 valence electrons. The molecule has 0 bridgehead atoms. The highest BCUT2D eigenvalue weighted by Crippen LogP contribution is 2.36. The molecule has 0 aliphatic heterocycles. The Balaban J connectivity index is 3.26. The summed E-state index contributed by atoms with van der Waals surface area (Å²) in [5.74, 6) is 0. The van der Waals surface area contributed by atoms with Gasteiger partial charge in [0, 0.05) is 10.2 Å². The Morgan fingerprint density at radius 2 is 1.12 bits per heavy atom. The van der Waals surface area contributed by atoms with Crippen molar-refractivity contribution in [2.24, 2.45) is 0 Å². The van der Waals surface area contributed by atoms with E-state index in [1.807, 2.05) is 0 Å². The number of hydrogen-bond acceptors (Lipinski definition) is 0. The molecule has 0 aromatic carbocycles. The van der Waals surface area contributed by atoms with E-state index < -0.39 is 0 Å². The molecular weight excluding hydrogens is 208 g/mol. The minimum atomic E-state index is 0.433. The lowest BCUT2D eigenvalue weighted by Gasteiger charge is -2.26. The van der Waals surface area contributed by atoms with Gasteiger partial charge < -0.3 is 0 Å². The average Bonchev–Trinajstić information content (AvgIpc) is 2.32. The van der Waals surface area contributed by atoms with E-state index in [0.29, 0.717) is 5.04 Å². The van der Waals surface area contributed by atoms with E-state index in [2.05, 4.69) is 31.0 Å². The lowest BCUT2D eigenvalue weighted by Crippen LogP contribution is -2.10. The van der Waals surface area contributed by atoms with E-state index in [4.69, 9.17) is 0 Å². The van der Waals surface area contributed by atoms with Crippen molar-refractivity contribution in [3.8, 4) is 0 Å². The van der Waals surface area contributed by atoms with Gasteiger partial charge in [-0.05, 0) is 5.04 Å². The molecular formula is C15H31Si. The minimum Gasteiger partial charge on any atom is -0.0654 e. The fourth-order valence-electron chi connectivity index (χ4n) is 2.20. The molecule has 0 fully saturated rings. The first-order valence-electron chi connectivity index (χ1n) is 7.43. The van der Waals surface area contributed by atoms with Crippen LogP contribution in [0.25, 0.3) is 0 Å². The Kier molecular flexibility index (Phi) is 10.5. The first-order valence-corrected chi connectivity index (χ1v) is 7.93. The van der Waals surface area contributed by atoms with E-state index in [9.17, 15) is 0 Å². The Hall–Kier alpha value is 0.217. The number of unbranched alkanes of at least 4 members (excludes halogenated alkanes) is 7. The molecule has 0 heterocycles. The molecule has 0 spiro atoms. The van der Waals surface area contributed by atoms with Gasteiger partial charge in [-0.3, -0.25) is 0 Å². The van der Waals surface area contributed by atoms with Crippen molar-refractivity contribution >= 4 is 10.2 Å². The van der Waals surface area contributed by atoms with Crippen LogP contribution in [0.15, 0.2) is 0 Å². The lowest BCUT2D eigenvalue weighted by atomic mass is 9.94. The van der Waals surface area contributed by atoms with Crippen molar-refractivity contribution in [3.63, 3.8) is 0 Å². The van der Waals surface area contributed by atoms with E-state index in [-0.39, 0.29) is 0 Å². The highest BCUT2D eigenvalue weighted by atomic mass is 28.1. The van der Waals surface area contributed by atoms with E-state index in [1.54, 1.807) is 0 Å². The maximum Gasteiger partial charge on any atom is 0.0313 e. The van der Waals surface area contributed by atoms with Gasteiger partial charge in [-0.15, -0.1) is 0 Å². The predicted octanol–water partition coefficient (Wildman–Crippen LogP) is 5.66. The second-order valence-electron chi connectivity index (χ2n) is 5.21. The highest BCUT2D eigenvalue weighted by Gasteiger charge is 2.18. The van der Waals surface area contributed by atoms with E-state index >= 15 is 0 Å². The summed E-state index contributed by atoms with van der Waals surface area (Å²) >= 11 is 0. The van der Waals surface area contributed by atoms with Gasteiger partial charge in [-0.1, -0.05) is 91.4 Å². The van der Waals surface area contributed by atoms with Crippen LogP contribution in [0.4, 0.5) is 0 Å². The molecule has 0 saturated heterocycles. The zero-order valence-corrected chi connectivity index (χ0v) is 12.8. The SMILES string of the molecule is CCCCCCCCCCC([Si])(CC)CC. The average molecular weight is 239 g/mol. The van der Waals surface area contributed by atoms with Gasteiger partial charge in [0.2, 0.25) is 0 Å². The summed E-state index contributed by atoms with van der Waals surface area (Å²) < 4.78 is 0. The Morgan fingerprint density at radius 3 is 1.56 bits per heavy atom. The van der Waals surface area contributed by atoms with E-state index in [0.717, 1.165) is 0 Å². The molecule has 0 rings (SSSR count). The van der Waals surface area contributed by atoms with Crippen molar-refractivity contribution in [1.82, 2.24) is 0 Å². The molecule has 3 radical (unpaired) electrons. The van der Waals surface area contributed by atoms with Crippen LogP contribution in [-0.2, 0) is 0 Å². The molecule has 0 nitrogen and oxygen atoms in total. The molecule has 16 heavy (non-hydrogen) atoms. The predicted molar refractivity (Wildman–Crippen MR) is 76.3 cm³/mol. The third kappa shape index (κ3) is 8.38. The Bertz CT molecular complexity index is 138. The number of rotatable bonds is 11. The summed E-state index contributed by atoms with van der Waals surface area (Å²) in [6, 6.07) is 0. The van der Waals surface area contributed by atoms with Crippen LogP contribution in [0.3, 0.4) is 0 Å². The van der Waals surface area contributed by atoms with Crippen molar-refractivity contribution in [1.29, 1.82) is 0 Å². The van der Waals surface area contributed by atoms with Crippen molar-refractivity contribution in [2.75, 3.05) is 0 Å². The van der Waals surface area contributed by atoms with Gasteiger partial charge in [0.25, 0.3) is 0 Å². The topological polar surface area (TPSA) is 0 Å². The first kappa shape index (κ1) is 16.2. The van der Waals surface area contributed by atoms with Gasteiger partial charge in [-0.25, -0.2) is 0 Å². The highest BCUT2D eigenvalue weighted by molar-refractivity contribution is 6.15. The minimum absolute atomic E-state index is 0.433. The fraction of sp³-hybridized carbons (Fsp3) is 1.00. The van der Waals surface area contributed by atoms with Gasteiger partial charge in [0.05, 0.1) is 0 Å². The quantitative estimate of drug-likeness (QED) is 0.322. The largest absolute Gasteiger partial charge is 0.0654 e. The van der Waals surface area contributed by atoms with E-state index in [1.165, 1.54) is 70.6 Å². The van der Waals surface area contributed by atoms with Crippen LogP contribution in [0.2, 0.25) is 5.04 Å². The molecule has 0 N–H and O–H groups in total. The lowest BCUT2D eigenvalue weighted by molar-refractivity contribution is 0.447. The summed E-state index contributed by atoms with van der Waals surface area (Å²) in [6.07, 6.45) is 15.3. The third-order valence-corrected chi connectivity index (χ3v) is 4.82. The summed E-state index contributed by atoms with van der Waals surface area (Å²) in [7, 11) is 3.94. The molecule has 0 amide bonds. The number of hydrogen-bond donors (Lipinski definition) is 0. The monoisotopic (exact) mass is 239 g/mol. The van der Waals surface area contributed by atoms with Crippen LogP contribution >= 0.6 is 0 Å². The maximum atomic E-state index is 3.94. The molecule has 0 aromatic rings. The molecule has 1 heteroatoms. The third-order valence-electron chi connectivity index (χ3n) is 3.86. The summed E-state index contributed by atoms with van der Waals surface area (Å²) in [4.78, 5) is 0. The van der Waals surface area contributed by atoms with Crippen molar-refractivity contribution in [3.05, 3.63) is 0 Å². The summed E-state index contributed by atoms with van der Waals surface area (Å²) in [5, 5.41) is 0.433. The molecule has 0 aliphatic rings. The molecule has 0 atom stereocenters. The Morgan fingerprint density at radius 1 is 0.688 bits per heavy atom. The molecule has 0 unspecified atom stereocenters. The summed E-state index contributed by atoms with van der Waals surface area (Å²) in [6.45, 7) is 6.87. The van der Waals surface area contributed by atoms with Gasteiger partial charge >= 0.3 is 0 Å².